The van der Waals surface area contributed by atoms with Crippen molar-refractivity contribution in [3.8, 4) is 0 Å². The minimum Gasteiger partial charge on any atom is -0.394 e. The number of carbonyl (C=O) groups is 1. The lowest BCUT2D eigenvalue weighted by molar-refractivity contribution is -0.123. The van der Waals surface area contributed by atoms with Gasteiger partial charge in [0.2, 0.25) is 5.91 Å². The zero-order chi connectivity index (χ0) is 21.7. The first kappa shape index (κ1) is 26.1. The molecule has 1 rings (SSSR count). The second-order valence-electron chi connectivity index (χ2n) is 9.43. The lowest BCUT2D eigenvalue weighted by Crippen LogP contribution is -2.46. The van der Waals surface area contributed by atoms with Crippen LogP contribution in [0.15, 0.2) is 12.2 Å². The summed E-state index contributed by atoms with van der Waals surface area (Å²) in [5.41, 5.74) is -0.560. The summed E-state index contributed by atoms with van der Waals surface area (Å²) < 4.78 is 0. The van der Waals surface area contributed by atoms with Crippen LogP contribution >= 0.6 is 0 Å². The van der Waals surface area contributed by atoms with Crippen LogP contribution in [0.3, 0.4) is 0 Å². The molecule has 0 bridgehead atoms. The average Bonchev–Trinajstić information content (AvgIpc) is 2.93. The average molecular weight is 412 g/mol. The summed E-state index contributed by atoms with van der Waals surface area (Å²) in [7, 11) is 0. The fourth-order valence-electron chi connectivity index (χ4n) is 4.22. The van der Waals surface area contributed by atoms with E-state index in [9.17, 15) is 20.1 Å². The fraction of sp³-hybridized carbons (Fsp3) is 0.875. The molecule has 0 saturated heterocycles. The van der Waals surface area contributed by atoms with Crippen LogP contribution in [-0.2, 0) is 4.79 Å². The van der Waals surface area contributed by atoms with Crippen LogP contribution in [0, 0.1) is 11.8 Å². The van der Waals surface area contributed by atoms with Gasteiger partial charge < -0.3 is 20.6 Å². The summed E-state index contributed by atoms with van der Waals surface area (Å²) in [4.78, 5) is 11.9. The highest BCUT2D eigenvalue weighted by Crippen LogP contribution is 2.37. The summed E-state index contributed by atoms with van der Waals surface area (Å²) in [6.45, 7) is 5.76. The number of rotatable bonds is 15. The van der Waals surface area contributed by atoms with E-state index >= 15 is 0 Å². The number of carbonyl (C=O) groups excluding carboxylic acids is 1. The molecule has 1 fully saturated rings. The topological polar surface area (TPSA) is 89.8 Å². The highest BCUT2D eigenvalue weighted by molar-refractivity contribution is 5.76. The second-order valence-corrected chi connectivity index (χ2v) is 9.43. The van der Waals surface area contributed by atoms with Gasteiger partial charge in [0.05, 0.1) is 24.4 Å². The van der Waals surface area contributed by atoms with Gasteiger partial charge in [-0.05, 0) is 45.4 Å². The van der Waals surface area contributed by atoms with Crippen LogP contribution in [0.25, 0.3) is 0 Å². The van der Waals surface area contributed by atoms with Gasteiger partial charge in [-0.2, -0.15) is 0 Å². The SMILES string of the molecule is CCCCCCC=CC1C(O)CC(O)C1CCCCCCC(=O)NC(C)(C)CO. The molecule has 4 atom stereocenters. The predicted molar refractivity (Wildman–Crippen MR) is 119 cm³/mol. The van der Waals surface area contributed by atoms with Gasteiger partial charge in [0.15, 0.2) is 0 Å². The fourth-order valence-corrected chi connectivity index (χ4v) is 4.22. The maximum atomic E-state index is 11.9. The van der Waals surface area contributed by atoms with E-state index in [1.807, 2.05) is 13.8 Å². The molecule has 0 radical (unpaired) electrons. The Kier molecular flexibility index (Phi) is 12.8. The number of hydrogen-bond donors (Lipinski definition) is 4. The molecule has 0 aliphatic heterocycles. The molecule has 0 aromatic carbocycles. The van der Waals surface area contributed by atoms with Gasteiger partial charge in [-0.25, -0.2) is 0 Å². The molecule has 5 nitrogen and oxygen atoms in total. The molecule has 1 amide bonds. The Morgan fingerprint density at radius 3 is 2.41 bits per heavy atom. The van der Waals surface area contributed by atoms with Gasteiger partial charge in [0.1, 0.15) is 0 Å². The molecule has 1 aliphatic carbocycles. The summed E-state index contributed by atoms with van der Waals surface area (Å²) >= 11 is 0. The Labute approximate surface area is 178 Å². The van der Waals surface area contributed by atoms with E-state index in [1.165, 1.54) is 25.7 Å². The highest BCUT2D eigenvalue weighted by atomic mass is 16.3. The largest absolute Gasteiger partial charge is 0.394 e. The third-order valence-corrected chi connectivity index (χ3v) is 6.06. The Hall–Kier alpha value is -0.910. The molecule has 4 unspecified atom stereocenters. The van der Waals surface area contributed by atoms with Crippen molar-refractivity contribution in [1.82, 2.24) is 5.32 Å². The first-order valence-corrected chi connectivity index (χ1v) is 11.8. The Balaban J connectivity index is 2.25. The second kappa shape index (κ2) is 14.2. The summed E-state index contributed by atoms with van der Waals surface area (Å²) in [5, 5.41) is 32.7. The van der Waals surface area contributed by atoms with E-state index in [4.69, 9.17) is 0 Å². The maximum Gasteiger partial charge on any atom is 0.220 e. The number of aliphatic hydroxyl groups is 3. The third kappa shape index (κ3) is 10.6. The maximum absolute atomic E-state index is 11.9. The number of amides is 1. The number of aliphatic hydroxyl groups excluding tert-OH is 3. The van der Waals surface area contributed by atoms with Gasteiger partial charge in [-0.3, -0.25) is 4.79 Å². The van der Waals surface area contributed by atoms with Gasteiger partial charge in [-0.15, -0.1) is 0 Å². The van der Waals surface area contributed by atoms with E-state index in [0.29, 0.717) is 12.8 Å². The van der Waals surface area contributed by atoms with Crippen molar-refractivity contribution < 1.29 is 20.1 Å². The molecule has 0 spiro atoms. The van der Waals surface area contributed by atoms with Gasteiger partial charge in [-0.1, -0.05) is 57.6 Å². The van der Waals surface area contributed by atoms with Crippen LogP contribution in [0.1, 0.15) is 97.8 Å². The number of allylic oxidation sites excluding steroid dienone is 1. The Morgan fingerprint density at radius 1 is 1.03 bits per heavy atom. The standard InChI is InChI=1S/C24H45NO4/c1-4-5-6-7-8-11-14-19-20(22(28)17-21(19)27)15-12-9-10-13-16-23(29)25-24(2,3)18-26/h11,14,19-22,26-28H,4-10,12-13,15-18H2,1-3H3,(H,25,29). The van der Waals surface area contributed by atoms with E-state index in [0.717, 1.165) is 38.5 Å². The number of hydrogen-bond acceptors (Lipinski definition) is 4. The van der Waals surface area contributed by atoms with Crippen molar-refractivity contribution in [1.29, 1.82) is 0 Å². The number of nitrogens with one attached hydrogen (secondary N) is 1. The quantitative estimate of drug-likeness (QED) is 0.241. The van der Waals surface area contributed by atoms with Crippen molar-refractivity contribution in [3.05, 3.63) is 12.2 Å². The number of unbranched alkanes of at least 4 members (excludes halogenated alkanes) is 7. The molecule has 1 aliphatic rings. The molecule has 0 aromatic heterocycles. The van der Waals surface area contributed by atoms with Crippen molar-refractivity contribution in [2.75, 3.05) is 6.61 Å². The molecular weight excluding hydrogens is 366 g/mol. The van der Waals surface area contributed by atoms with E-state index in [2.05, 4.69) is 24.4 Å². The Bertz CT molecular complexity index is 478. The summed E-state index contributed by atoms with van der Waals surface area (Å²) in [5.74, 6) is 0.204. The van der Waals surface area contributed by atoms with Gasteiger partial charge in [0.25, 0.3) is 0 Å². The molecule has 5 heteroatoms. The zero-order valence-electron chi connectivity index (χ0n) is 18.9. The minimum absolute atomic E-state index is 0.0116. The highest BCUT2D eigenvalue weighted by Gasteiger charge is 2.39. The van der Waals surface area contributed by atoms with Crippen molar-refractivity contribution in [2.24, 2.45) is 11.8 Å². The van der Waals surface area contributed by atoms with Crippen molar-refractivity contribution in [2.45, 2.75) is 116 Å². The first-order chi connectivity index (χ1) is 13.8. The molecule has 0 heterocycles. The van der Waals surface area contributed by atoms with Gasteiger partial charge in [0, 0.05) is 18.8 Å². The van der Waals surface area contributed by atoms with E-state index in [1.54, 1.807) is 0 Å². The molecule has 29 heavy (non-hydrogen) atoms. The predicted octanol–water partition coefficient (Wildman–Crippen LogP) is 4.10. The summed E-state index contributed by atoms with van der Waals surface area (Å²) in [6.07, 6.45) is 15.3. The van der Waals surface area contributed by atoms with Crippen molar-refractivity contribution >= 4 is 5.91 Å². The molecule has 0 aromatic rings. The van der Waals surface area contributed by atoms with E-state index < -0.39 is 17.7 Å². The lowest BCUT2D eigenvalue weighted by atomic mass is 9.88. The van der Waals surface area contributed by atoms with Crippen LogP contribution in [0.4, 0.5) is 0 Å². The molecule has 170 valence electrons. The van der Waals surface area contributed by atoms with Crippen LogP contribution in [-0.4, -0.2) is 45.6 Å². The summed E-state index contributed by atoms with van der Waals surface area (Å²) in [6, 6.07) is 0. The monoisotopic (exact) mass is 411 g/mol. The Morgan fingerprint density at radius 2 is 1.72 bits per heavy atom. The van der Waals surface area contributed by atoms with E-state index in [-0.39, 0.29) is 24.3 Å². The van der Waals surface area contributed by atoms with Crippen molar-refractivity contribution in [3.63, 3.8) is 0 Å². The molecule has 4 N–H and O–H groups in total. The van der Waals surface area contributed by atoms with Crippen LogP contribution in [0.5, 0.6) is 0 Å². The smallest absolute Gasteiger partial charge is 0.220 e. The molecular formula is C24H45NO4. The van der Waals surface area contributed by atoms with Crippen LogP contribution in [0.2, 0.25) is 0 Å². The van der Waals surface area contributed by atoms with Gasteiger partial charge >= 0.3 is 0 Å². The molecule has 1 saturated carbocycles. The minimum atomic E-state index is -0.560. The lowest BCUT2D eigenvalue weighted by Gasteiger charge is -2.23. The van der Waals surface area contributed by atoms with Crippen LogP contribution < -0.4 is 5.32 Å². The normalized spacial score (nSPS) is 25.0. The first-order valence-electron chi connectivity index (χ1n) is 11.8. The zero-order valence-corrected chi connectivity index (χ0v) is 18.9. The third-order valence-electron chi connectivity index (χ3n) is 6.06.